The van der Waals surface area contributed by atoms with Crippen molar-refractivity contribution < 1.29 is 19.1 Å². The van der Waals surface area contributed by atoms with Gasteiger partial charge in [-0.25, -0.2) is 0 Å². The summed E-state index contributed by atoms with van der Waals surface area (Å²) >= 11 is 1.12. The van der Waals surface area contributed by atoms with Crippen LogP contribution in [-0.4, -0.2) is 41.8 Å². The van der Waals surface area contributed by atoms with Crippen LogP contribution < -0.4 is 15.4 Å². The van der Waals surface area contributed by atoms with Crippen molar-refractivity contribution in [1.82, 2.24) is 15.5 Å². The molecule has 2 aromatic carbocycles. The summed E-state index contributed by atoms with van der Waals surface area (Å²) in [5.74, 6) is 0.157. The summed E-state index contributed by atoms with van der Waals surface area (Å²) in [4.78, 5) is 24.4. The van der Waals surface area contributed by atoms with Crippen molar-refractivity contribution in [3.63, 3.8) is 0 Å². The van der Waals surface area contributed by atoms with Crippen molar-refractivity contribution in [1.29, 1.82) is 0 Å². The Morgan fingerprint density at radius 3 is 2.53 bits per heavy atom. The third-order valence-electron chi connectivity index (χ3n) is 4.58. The van der Waals surface area contributed by atoms with Gasteiger partial charge in [-0.1, -0.05) is 41.7 Å². The van der Waals surface area contributed by atoms with Crippen molar-refractivity contribution in [2.24, 2.45) is 0 Å². The van der Waals surface area contributed by atoms with E-state index < -0.39 is 0 Å². The lowest BCUT2D eigenvalue weighted by molar-refractivity contribution is -0.126. The van der Waals surface area contributed by atoms with Crippen LogP contribution in [0.1, 0.15) is 33.7 Å². The van der Waals surface area contributed by atoms with Gasteiger partial charge in [-0.3, -0.25) is 9.59 Å². The first-order valence-corrected chi connectivity index (χ1v) is 11.0. The van der Waals surface area contributed by atoms with Gasteiger partial charge in [0.15, 0.2) is 0 Å². The van der Waals surface area contributed by atoms with Crippen molar-refractivity contribution >= 4 is 28.8 Å². The Balaban J connectivity index is 1.36. The number of carbonyl (C=O) groups excluding carboxylic acids is 2. The van der Waals surface area contributed by atoms with Gasteiger partial charge in [-0.05, 0) is 49.6 Å². The summed E-state index contributed by atoms with van der Waals surface area (Å²) in [6.45, 7) is 2.00. The van der Waals surface area contributed by atoms with Crippen LogP contribution in [0.4, 0.5) is 5.69 Å². The maximum Gasteiger partial charge on any atom is 0.286 e. The summed E-state index contributed by atoms with van der Waals surface area (Å²) in [6.07, 6.45) is 1.74. The fourth-order valence-electron chi connectivity index (χ4n) is 2.91. The number of nitrogens with one attached hydrogen (secondary N) is 2. The van der Waals surface area contributed by atoms with E-state index in [-0.39, 0.29) is 36.1 Å². The standard InChI is InChI=1S/C23H26N4O4S/c1-16(8-9-17-6-4-3-5-7-17)24-20(28)14-31-15-21-26-27-23(32-21)22(29)25-18-10-12-19(30-2)13-11-18/h3-7,10-13,16H,8-9,14-15H2,1-2H3,(H,24,28)(H,25,29). The predicted molar refractivity (Wildman–Crippen MR) is 123 cm³/mol. The topological polar surface area (TPSA) is 102 Å². The number of aromatic nitrogens is 2. The Kier molecular flexibility index (Phi) is 8.70. The van der Waals surface area contributed by atoms with Gasteiger partial charge in [-0.2, -0.15) is 0 Å². The zero-order valence-corrected chi connectivity index (χ0v) is 18.9. The largest absolute Gasteiger partial charge is 0.497 e. The summed E-state index contributed by atoms with van der Waals surface area (Å²) in [6, 6.07) is 17.2. The van der Waals surface area contributed by atoms with E-state index in [9.17, 15) is 9.59 Å². The Bertz CT molecular complexity index is 1010. The molecular formula is C23H26N4O4S. The molecule has 1 heterocycles. The second-order valence-electron chi connectivity index (χ2n) is 7.17. The van der Waals surface area contributed by atoms with Crippen LogP contribution in [0.5, 0.6) is 5.75 Å². The predicted octanol–water partition coefficient (Wildman–Crippen LogP) is 3.45. The highest BCUT2D eigenvalue weighted by Crippen LogP contribution is 2.17. The van der Waals surface area contributed by atoms with E-state index in [0.717, 1.165) is 24.2 Å². The quantitative estimate of drug-likeness (QED) is 0.460. The number of rotatable bonds is 11. The molecule has 0 fully saturated rings. The molecule has 8 nitrogen and oxygen atoms in total. The van der Waals surface area contributed by atoms with Crippen LogP contribution in [0, 0.1) is 0 Å². The Labute approximate surface area is 191 Å². The molecule has 0 radical (unpaired) electrons. The van der Waals surface area contributed by atoms with E-state index in [0.29, 0.717) is 16.4 Å². The second-order valence-corrected chi connectivity index (χ2v) is 8.23. The molecule has 0 bridgehead atoms. The third kappa shape index (κ3) is 7.44. The zero-order chi connectivity index (χ0) is 22.8. The van der Waals surface area contributed by atoms with Crippen molar-refractivity contribution in [2.45, 2.75) is 32.4 Å². The third-order valence-corrected chi connectivity index (χ3v) is 5.48. The van der Waals surface area contributed by atoms with Crippen LogP contribution in [-0.2, 0) is 22.6 Å². The van der Waals surface area contributed by atoms with Crippen LogP contribution >= 0.6 is 11.3 Å². The molecule has 32 heavy (non-hydrogen) atoms. The lowest BCUT2D eigenvalue weighted by atomic mass is 10.1. The number of amides is 2. The molecular weight excluding hydrogens is 428 g/mol. The minimum atomic E-state index is -0.357. The van der Waals surface area contributed by atoms with Crippen molar-refractivity contribution in [3.05, 3.63) is 70.2 Å². The van der Waals surface area contributed by atoms with E-state index >= 15 is 0 Å². The Morgan fingerprint density at radius 1 is 1.06 bits per heavy atom. The fraction of sp³-hybridized carbons (Fsp3) is 0.304. The fourth-order valence-corrected chi connectivity index (χ4v) is 3.58. The molecule has 2 amide bonds. The van der Waals surface area contributed by atoms with E-state index in [1.807, 2.05) is 25.1 Å². The normalized spacial score (nSPS) is 11.6. The first-order chi connectivity index (χ1) is 15.5. The van der Waals surface area contributed by atoms with Gasteiger partial charge >= 0.3 is 0 Å². The zero-order valence-electron chi connectivity index (χ0n) is 18.0. The maximum absolute atomic E-state index is 12.3. The molecule has 0 aliphatic carbocycles. The van der Waals surface area contributed by atoms with Gasteiger partial charge in [0.25, 0.3) is 5.91 Å². The summed E-state index contributed by atoms with van der Waals surface area (Å²) in [5, 5.41) is 14.3. The van der Waals surface area contributed by atoms with Gasteiger partial charge in [0, 0.05) is 11.7 Å². The van der Waals surface area contributed by atoms with E-state index in [1.54, 1.807) is 31.4 Å². The van der Waals surface area contributed by atoms with Crippen LogP contribution in [0.3, 0.4) is 0 Å². The monoisotopic (exact) mass is 454 g/mol. The molecule has 9 heteroatoms. The molecule has 1 aromatic heterocycles. The van der Waals surface area contributed by atoms with E-state index in [4.69, 9.17) is 9.47 Å². The molecule has 0 aliphatic rings. The number of ether oxygens (including phenoxy) is 2. The number of anilines is 1. The number of aryl methyl sites for hydroxylation is 1. The first kappa shape index (κ1) is 23.4. The molecule has 1 unspecified atom stereocenters. The summed E-state index contributed by atoms with van der Waals surface area (Å²) in [5.41, 5.74) is 1.87. The maximum atomic E-state index is 12.3. The molecule has 3 rings (SSSR count). The van der Waals surface area contributed by atoms with Crippen molar-refractivity contribution in [2.75, 3.05) is 19.0 Å². The highest BCUT2D eigenvalue weighted by molar-refractivity contribution is 7.13. The summed E-state index contributed by atoms with van der Waals surface area (Å²) < 4.78 is 10.5. The van der Waals surface area contributed by atoms with Gasteiger partial charge in [0.05, 0.1) is 7.11 Å². The SMILES string of the molecule is COc1ccc(NC(=O)c2nnc(COCC(=O)NC(C)CCc3ccccc3)s2)cc1. The highest BCUT2D eigenvalue weighted by Gasteiger charge is 2.14. The molecule has 0 aliphatic heterocycles. The average molecular weight is 455 g/mol. The number of hydrogen-bond acceptors (Lipinski definition) is 7. The van der Waals surface area contributed by atoms with Crippen LogP contribution in [0.2, 0.25) is 0 Å². The molecule has 0 saturated carbocycles. The molecule has 2 N–H and O–H groups in total. The highest BCUT2D eigenvalue weighted by atomic mass is 32.1. The lowest BCUT2D eigenvalue weighted by Gasteiger charge is -2.13. The molecule has 0 spiro atoms. The molecule has 1 atom stereocenters. The van der Waals surface area contributed by atoms with Gasteiger partial charge in [0.2, 0.25) is 10.9 Å². The number of methoxy groups -OCH3 is 1. The molecule has 168 valence electrons. The van der Waals surface area contributed by atoms with E-state index in [1.165, 1.54) is 5.56 Å². The average Bonchev–Trinajstić information content (AvgIpc) is 3.28. The van der Waals surface area contributed by atoms with Gasteiger partial charge in [0.1, 0.15) is 24.0 Å². The lowest BCUT2D eigenvalue weighted by Crippen LogP contribution is -2.35. The Morgan fingerprint density at radius 2 is 1.81 bits per heavy atom. The smallest absolute Gasteiger partial charge is 0.286 e. The minimum absolute atomic E-state index is 0.0427. The van der Waals surface area contributed by atoms with E-state index in [2.05, 4.69) is 33.0 Å². The number of hydrogen-bond donors (Lipinski definition) is 2. The number of nitrogens with zero attached hydrogens (tertiary/aromatic N) is 2. The minimum Gasteiger partial charge on any atom is -0.497 e. The van der Waals surface area contributed by atoms with Gasteiger partial charge < -0.3 is 20.1 Å². The van der Waals surface area contributed by atoms with Crippen LogP contribution in [0.15, 0.2) is 54.6 Å². The number of benzene rings is 2. The molecule has 3 aromatic rings. The second kappa shape index (κ2) is 11.9. The van der Waals surface area contributed by atoms with Crippen LogP contribution in [0.25, 0.3) is 0 Å². The van der Waals surface area contributed by atoms with Gasteiger partial charge in [-0.15, -0.1) is 10.2 Å². The summed E-state index contributed by atoms with van der Waals surface area (Å²) in [7, 11) is 1.58. The first-order valence-electron chi connectivity index (χ1n) is 10.2. The number of carbonyl (C=O) groups is 2. The molecule has 0 saturated heterocycles. The Hall–Kier alpha value is -3.30. The van der Waals surface area contributed by atoms with Crippen molar-refractivity contribution in [3.8, 4) is 5.75 Å².